The largest absolute Gasteiger partial charge is 0.0654 e. The Hall–Kier alpha value is 0. The fourth-order valence-corrected chi connectivity index (χ4v) is 6.67. The van der Waals surface area contributed by atoms with E-state index in [2.05, 4.69) is 20.8 Å². The maximum absolute atomic E-state index is 2.32. The molecule has 0 atom stereocenters. The summed E-state index contributed by atoms with van der Waals surface area (Å²) >= 11 is 0. The van der Waals surface area contributed by atoms with E-state index in [1.165, 1.54) is 238 Å². The highest BCUT2D eigenvalue weighted by molar-refractivity contribution is 4.89. The molecular weight excluding hydrogens is 492 g/mol. The standard InChI is InChI=1S/C41H83/c1-4-7-10-13-16-19-22-25-28-31-34-37-40-41(38-35-32-29-26-23-20-17-14-11-8-5-2)39-36-33-30-27-24-21-18-15-12-9-6-3/h4-40H2,1-3H3. The summed E-state index contributed by atoms with van der Waals surface area (Å²) in [5.41, 5.74) is 0. The molecule has 0 saturated carbocycles. The van der Waals surface area contributed by atoms with Gasteiger partial charge < -0.3 is 0 Å². The molecule has 0 rings (SSSR count). The quantitative estimate of drug-likeness (QED) is 0.0646. The van der Waals surface area contributed by atoms with E-state index in [9.17, 15) is 0 Å². The zero-order valence-electron chi connectivity index (χ0n) is 29.7. The van der Waals surface area contributed by atoms with Crippen LogP contribution in [0, 0.1) is 5.92 Å². The summed E-state index contributed by atoms with van der Waals surface area (Å²) < 4.78 is 0. The summed E-state index contributed by atoms with van der Waals surface area (Å²) in [5, 5.41) is 0. The third kappa shape index (κ3) is 36.1. The minimum absolute atomic E-state index is 1.37. The molecule has 41 heavy (non-hydrogen) atoms. The van der Waals surface area contributed by atoms with Crippen LogP contribution in [-0.4, -0.2) is 0 Å². The Morgan fingerprint density at radius 3 is 0.512 bits per heavy atom. The predicted octanol–water partition coefficient (Wildman–Crippen LogP) is 16.1. The van der Waals surface area contributed by atoms with Gasteiger partial charge in [-0.3, -0.25) is 0 Å². The number of unbranched alkanes of at least 4 members (excludes halogenated alkanes) is 31. The van der Waals surface area contributed by atoms with E-state index >= 15 is 0 Å². The second kappa shape index (κ2) is 38.0. The van der Waals surface area contributed by atoms with Crippen LogP contribution < -0.4 is 0 Å². The van der Waals surface area contributed by atoms with Crippen LogP contribution in [-0.2, 0) is 0 Å². The first kappa shape index (κ1) is 41.0. The molecule has 0 aliphatic carbocycles. The predicted molar refractivity (Wildman–Crippen MR) is 191 cm³/mol. The van der Waals surface area contributed by atoms with Gasteiger partial charge in [0.2, 0.25) is 0 Å². The first-order chi connectivity index (χ1) is 20.3. The monoisotopic (exact) mass is 576 g/mol. The average molecular weight is 576 g/mol. The molecule has 0 aromatic carbocycles. The lowest BCUT2D eigenvalue weighted by Gasteiger charge is -2.16. The highest BCUT2D eigenvalue weighted by Crippen LogP contribution is 2.27. The van der Waals surface area contributed by atoms with Gasteiger partial charge in [0, 0.05) is 0 Å². The minimum atomic E-state index is 1.37. The SMILES string of the molecule is CCCCCCCCCCCCCC[C](CCCCCCCCCCCCC)CCCCCCCCCCCCC. The van der Waals surface area contributed by atoms with Crippen LogP contribution in [0.1, 0.15) is 258 Å². The van der Waals surface area contributed by atoms with Crippen LogP contribution in [0.5, 0.6) is 0 Å². The van der Waals surface area contributed by atoms with Crippen molar-refractivity contribution in [3.63, 3.8) is 0 Å². The van der Waals surface area contributed by atoms with Crippen LogP contribution >= 0.6 is 0 Å². The third-order valence-corrected chi connectivity index (χ3v) is 9.65. The van der Waals surface area contributed by atoms with Gasteiger partial charge in [-0.2, -0.15) is 0 Å². The van der Waals surface area contributed by atoms with E-state index in [-0.39, 0.29) is 0 Å². The molecule has 0 heteroatoms. The second-order valence-corrected chi connectivity index (χ2v) is 14.0. The van der Waals surface area contributed by atoms with E-state index in [0.29, 0.717) is 0 Å². The molecule has 0 unspecified atom stereocenters. The highest BCUT2D eigenvalue weighted by Gasteiger charge is 2.09. The Morgan fingerprint density at radius 2 is 0.341 bits per heavy atom. The summed E-state index contributed by atoms with van der Waals surface area (Å²) in [6.07, 6.45) is 54.3. The second-order valence-electron chi connectivity index (χ2n) is 14.0. The van der Waals surface area contributed by atoms with Gasteiger partial charge >= 0.3 is 0 Å². The van der Waals surface area contributed by atoms with Gasteiger partial charge in [-0.05, 0) is 25.2 Å². The fourth-order valence-electron chi connectivity index (χ4n) is 6.67. The summed E-state index contributed by atoms with van der Waals surface area (Å²) in [7, 11) is 0. The molecule has 0 fully saturated rings. The van der Waals surface area contributed by atoms with E-state index in [4.69, 9.17) is 0 Å². The molecule has 0 aromatic rings. The van der Waals surface area contributed by atoms with E-state index in [1.807, 2.05) is 5.92 Å². The topological polar surface area (TPSA) is 0 Å². The highest BCUT2D eigenvalue weighted by atomic mass is 14.1. The van der Waals surface area contributed by atoms with Crippen LogP contribution in [0.3, 0.4) is 0 Å². The van der Waals surface area contributed by atoms with Crippen molar-refractivity contribution in [1.29, 1.82) is 0 Å². The lowest BCUT2D eigenvalue weighted by molar-refractivity contribution is 0.500. The zero-order chi connectivity index (χ0) is 29.7. The van der Waals surface area contributed by atoms with E-state index in [1.54, 1.807) is 0 Å². The molecule has 0 aliphatic heterocycles. The molecular formula is C41H83. The number of hydrogen-bond donors (Lipinski definition) is 0. The van der Waals surface area contributed by atoms with Crippen molar-refractivity contribution < 1.29 is 0 Å². The van der Waals surface area contributed by atoms with Crippen molar-refractivity contribution in [1.82, 2.24) is 0 Å². The number of hydrogen-bond acceptors (Lipinski definition) is 0. The maximum Gasteiger partial charge on any atom is -0.0241 e. The summed E-state index contributed by atoms with van der Waals surface area (Å²) in [6, 6.07) is 0. The Morgan fingerprint density at radius 1 is 0.195 bits per heavy atom. The molecule has 0 heterocycles. The maximum atomic E-state index is 2.32. The van der Waals surface area contributed by atoms with Crippen molar-refractivity contribution in [2.24, 2.45) is 0 Å². The molecule has 0 saturated heterocycles. The minimum Gasteiger partial charge on any atom is -0.0654 e. The zero-order valence-corrected chi connectivity index (χ0v) is 29.7. The van der Waals surface area contributed by atoms with E-state index < -0.39 is 0 Å². The van der Waals surface area contributed by atoms with Crippen LogP contribution in [0.4, 0.5) is 0 Å². The summed E-state index contributed by atoms with van der Waals surface area (Å²) in [6.45, 7) is 6.96. The van der Waals surface area contributed by atoms with Crippen LogP contribution in [0.2, 0.25) is 0 Å². The first-order valence-corrected chi connectivity index (χ1v) is 20.2. The smallest absolute Gasteiger partial charge is 0.0241 e. The summed E-state index contributed by atoms with van der Waals surface area (Å²) in [4.78, 5) is 0. The van der Waals surface area contributed by atoms with Gasteiger partial charge in [0.15, 0.2) is 0 Å². The van der Waals surface area contributed by atoms with Gasteiger partial charge in [0.05, 0.1) is 0 Å². The fraction of sp³-hybridized carbons (Fsp3) is 0.976. The average Bonchev–Trinajstić information content (AvgIpc) is 2.98. The Kier molecular flexibility index (Phi) is 38.0. The molecule has 0 N–H and O–H groups in total. The first-order valence-electron chi connectivity index (χ1n) is 20.2. The molecule has 0 nitrogen and oxygen atoms in total. The molecule has 0 aliphatic rings. The van der Waals surface area contributed by atoms with Gasteiger partial charge in [-0.15, -0.1) is 0 Å². The third-order valence-electron chi connectivity index (χ3n) is 9.65. The lowest BCUT2D eigenvalue weighted by atomic mass is 9.89. The van der Waals surface area contributed by atoms with Gasteiger partial charge in [-0.1, -0.05) is 239 Å². The van der Waals surface area contributed by atoms with Gasteiger partial charge in [0.25, 0.3) is 0 Å². The van der Waals surface area contributed by atoms with Gasteiger partial charge in [0.1, 0.15) is 0 Å². The van der Waals surface area contributed by atoms with Crippen molar-refractivity contribution in [2.45, 2.75) is 258 Å². The Labute approximate surface area is 263 Å². The molecule has 0 amide bonds. The van der Waals surface area contributed by atoms with Crippen molar-refractivity contribution >= 4 is 0 Å². The molecule has 0 bridgehead atoms. The van der Waals surface area contributed by atoms with Crippen LogP contribution in [0.15, 0.2) is 0 Å². The molecule has 1 radical (unpaired) electrons. The molecule has 0 spiro atoms. The normalized spacial score (nSPS) is 11.7. The van der Waals surface area contributed by atoms with Gasteiger partial charge in [-0.25, -0.2) is 0 Å². The summed E-state index contributed by atoms with van der Waals surface area (Å²) in [5.74, 6) is 1.95. The van der Waals surface area contributed by atoms with E-state index in [0.717, 1.165) is 0 Å². The molecule has 0 aromatic heterocycles. The Balaban J connectivity index is 3.89. The van der Waals surface area contributed by atoms with Crippen LogP contribution in [0.25, 0.3) is 0 Å². The van der Waals surface area contributed by atoms with Crippen molar-refractivity contribution in [3.05, 3.63) is 5.92 Å². The Bertz CT molecular complexity index is 400. The van der Waals surface area contributed by atoms with Crippen molar-refractivity contribution in [2.75, 3.05) is 0 Å². The molecule has 247 valence electrons. The lowest BCUT2D eigenvalue weighted by Crippen LogP contribution is -1.99. The van der Waals surface area contributed by atoms with Crippen molar-refractivity contribution in [3.8, 4) is 0 Å². The number of rotatable bonds is 37.